The maximum atomic E-state index is 13.0. The Balaban J connectivity index is 1.48. The van der Waals surface area contributed by atoms with Gasteiger partial charge in [0.2, 0.25) is 0 Å². The second kappa shape index (κ2) is 6.95. The quantitative estimate of drug-likeness (QED) is 0.827. The van der Waals surface area contributed by atoms with Gasteiger partial charge in [-0.3, -0.25) is 9.69 Å². The van der Waals surface area contributed by atoms with Gasteiger partial charge >= 0.3 is 6.03 Å². The molecule has 2 aromatic rings. The number of carbonyl (C=O) groups excluding carboxylic acids is 2. The molecule has 0 radical (unpaired) electrons. The summed E-state index contributed by atoms with van der Waals surface area (Å²) >= 11 is 0. The zero-order chi connectivity index (χ0) is 18.9. The molecule has 1 fully saturated rings. The van der Waals surface area contributed by atoms with Crippen LogP contribution < -0.4 is 14.8 Å². The first-order valence-electron chi connectivity index (χ1n) is 9.16. The van der Waals surface area contributed by atoms with Gasteiger partial charge in [0.05, 0.1) is 0 Å². The van der Waals surface area contributed by atoms with Crippen LogP contribution in [0.3, 0.4) is 0 Å². The van der Waals surface area contributed by atoms with E-state index in [-0.39, 0.29) is 11.9 Å². The molecular formula is C21H22N2O4. The molecule has 1 N–H and O–H groups in total. The molecule has 2 heterocycles. The maximum Gasteiger partial charge on any atom is 0.325 e. The van der Waals surface area contributed by atoms with Crippen LogP contribution in [0.4, 0.5) is 4.79 Å². The number of nitrogens with one attached hydrogen (secondary N) is 1. The Kier molecular flexibility index (Phi) is 4.48. The third-order valence-corrected chi connectivity index (χ3v) is 5.08. The largest absolute Gasteiger partial charge is 0.486 e. The summed E-state index contributed by atoms with van der Waals surface area (Å²) in [5.41, 5.74) is 0.787. The van der Waals surface area contributed by atoms with E-state index in [0.717, 1.165) is 12.8 Å². The van der Waals surface area contributed by atoms with Crippen molar-refractivity contribution in [2.24, 2.45) is 0 Å². The SMILES string of the molecule is CC1(c2ccc3c(c2)OCCO3)NC(=O)N(CCCc2ccccc2)C1=O. The minimum Gasteiger partial charge on any atom is -0.486 e. The number of nitrogens with zero attached hydrogens (tertiary/aromatic N) is 1. The molecule has 2 aliphatic rings. The molecule has 0 aliphatic carbocycles. The third-order valence-electron chi connectivity index (χ3n) is 5.08. The summed E-state index contributed by atoms with van der Waals surface area (Å²) in [7, 11) is 0. The van der Waals surface area contributed by atoms with Gasteiger partial charge in [-0.2, -0.15) is 0 Å². The first-order chi connectivity index (χ1) is 13.1. The van der Waals surface area contributed by atoms with Gasteiger partial charge in [-0.25, -0.2) is 4.79 Å². The summed E-state index contributed by atoms with van der Waals surface area (Å²) < 4.78 is 11.1. The summed E-state index contributed by atoms with van der Waals surface area (Å²) in [5, 5.41) is 2.84. The van der Waals surface area contributed by atoms with Crippen molar-refractivity contribution in [3.05, 3.63) is 59.7 Å². The first kappa shape index (κ1) is 17.4. The van der Waals surface area contributed by atoms with Crippen LogP contribution in [0.1, 0.15) is 24.5 Å². The molecule has 6 nitrogen and oxygen atoms in total. The highest BCUT2D eigenvalue weighted by Gasteiger charge is 2.49. The van der Waals surface area contributed by atoms with Gasteiger partial charge in [0.15, 0.2) is 11.5 Å². The van der Waals surface area contributed by atoms with E-state index in [4.69, 9.17) is 9.47 Å². The van der Waals surface area contributed by atoms with Crippen LogP contribution in [-0.2, 0) is 16.8 Å². The number of hydrogen-bond acceptors (Lipinski definition) is 4. The van der Waals surface area contributed by atoms with Gasteiger partial charge in [-0.1, -0.05) is 36.4 Å². The van der Waals surface area contributed by atoms with Crippen molar-refractivity contribution in [3.63, 3.8) is 0 Å². The summed E-state index contributed by atoms with van der Waals surface area (Å²) in [6, 6.07) is 15.1. The number of hydrogen-bond donors (Lipinski definition) is 1. The lowest BCUT2D eigenvalue weighted by Gasteiger charge is -2.25. The number of ether oxygens (including phenoxy) is 2. The fourth-order valence-corrected chi connectivity index (χ4v) is 3.54. The van der Waals surface area contributed by atoms with Crippen LogP contribution in [0.15, 0.2) is 48.5 Å². The van der Waals surface area contributed by atoms with Gasteiger partial charge in [0.1, 0.15) is 18.8 Å². The molecule has 0 aromatic heterocycles. The number of aryl methyl sites for hydroxylation is 1. The van der Waals surface area contributed by atoms with Crippen LogP contribution in [0.5, 0.6) is 11.5 Å². The Morgan fingerprint density at radius 3 is 2.56 bits per heavy atom. The second-order valence-corrected chi connectivity index (χ2v) is 6.96. The van der Waals surface area contributed by atoms with Gasteiger partial charge in [0, 0.05) is 6.54 Å². The van der Waals surface area contributed by atoms with Gasteiger partial charge in [-0.15, -0.1) is 0 Å². The van der Waals surface area contributed by atoms with E-state index in [1.54, 1.807) is 25.1 Å². The number of urea groups is 1. The molecule has 2 aromatic carbocycles. The van der Waals surface area contributed by atoms with Crippen molar-refractivity contribution in [1.29, 1.82) is 0 Å². The minimum atomic E-state index is -1.10. The van der Waals surface area contributed by atoms with Crippen molar-refractivity contribution in [1.82, 2.24) is 10.2 Å². The standard InChI is InChI=1S/C21H22N2O4/c1-21(16-9-10-17-18(14-16)27-13-12-26-17)19(24)23(20(25)22-21)11-5-8-15-6-3-2-4-7-15/h2-4,6-7,9-10,14H,5,8,11-13H2,1H3,(H,22,25). The van der Waals surface area contributed by atoms with Crippen LogP contribution in [0, 0.1) is 0 Å². The summed E-state index contributed by atoms with van der Waals surface area (Å²) in [5.74, 6) is 1.02. The van der Waals surface area contributed by atoms with Gasteiger partial charge in [-0.05, 0) is 43.0 Å². The maximum absolute atomic E-state index is 13.0. The van der Waals surface area contributed by atoms with E-state index >= 15 is 0 Å². The number of benzene rings is 2. The fraction of sp³-hybridized carbons (Fsp3) is 0.333. The fourth-order valence-electron chi connectivity index (χ4n) is 3.54. The number of carbonyl (C=O) groups is 2. The zero-order valence-electron chi connectivity index (χ0n) is 15.2. The minimum absolute atomic E-state index is 0.239. The van der Waals surface area contributed by atoms with Crippen molar-refractivity contribution in [2.75, 3.05) is 19.8 Å². The Labute approximate surface area is 158 Å². The highest BCUT2D eigenvalue weighted by Crippen LogP contribution is 2.36. The molecule has 0 spiro atoms. The lowest BCUT2D eigenvalue weighted by Crippen LogP contribution is -2.41. The summed E-state index contributed by atoms with van der Waals surface area (Å²) in [6.07, 6.45) is 1.54. The number of imide groups is 1. The lowest BCUT2D eigenvalue weighted by atomic mass is 9.91. The number of amides is 3. The molecule has 2 aliphatic heterocycles. The molecule has 0 bridgehead atoms. The monoisotopic (exact) mass is 366 g/mol. The van der Waals surface area contributed by atoms with Crippen molar-refractivity contribution in [2.45, 2.75) is 25.3 Å². The normalized spacial score (nSPS) is 21.3. The summed E-state index contributed by atoms with van der Waals surface area (Å²) in [4.78, 5) is 26.8. The Bertz CT molecular complexity index is 868. The van der Waals surface area contributed by atoms with Crippen LogP contribution in [0.25, 0.3) is 0 Å². The average molecular weight is 366 g/mol. The molecule has 1 saturated heterocycles. The smallest absolute Gasteiger partial charge is 0.325 e. The summed E-state index contributed by atoms with van der Waals surface area (Å²) in [6.45, 7) is 3.10. The molecule has 3 amide bonds. The Hall–Kier alpha value is -3.02. The molecule has 6 heteroatoms. The first-order valence-corrected chi connectivity index (χ1v) is 9.16. The van der Waals surface area contributed by atoms with E-state index in [2.05, 4.69) is 5.32 Å². The number of rotatable bonds is 5. The molecule has 1 unspecified atom stereocenters. The Morgan fingerprint density at radius 1 is 1.04 bits per heavy atom. The predicted octanol–water partition coefficient (Wildman–Crippen LogP) is 2.86. The average Bonchev–Trinajstić information content (AvgIpc) is 2.92. The predicted molar refractivity (Wildman–Crippen MR) is 99.8 cm³/mol. The molecule has 0 saturated carbocycles. The van der Waals surface area contributed by atoms with E-state index in [0.29, 0.717) is 36.8 Å². The molecular weight excluding hydrogens is 344 g/mol. The number of fused-ring (bicyclic) bond motifs is 1. The van der Waals surface area contributed by atoms with Crippen molar-refractivity contribution in [3.8, 4) is 11.5 Å². The van der Waals surface area contributed by atoms with Crippen LogP contribution in [-0.4, -0.2) is 36.6 Å². The van der Waals surface area contributed by atoms with E-state index < -0.39 is 5.54 Å². The zero-order valence-corrected chi connectivity index (χ0v) is 15.2. The van der Waals surface area contributed by atoms with E-state index in [9.17, 15) is 9.59 Å². The van der Waals surface area contributed by atoms with Crippen LogP contribution >= 0.6 is 0 Å². The highest BCUT2D eigenvalue weighted by molar-refractivity contribution is 6.07. The molecule has 1 atom stereocenters. The van der Waals surface area contributed by atoms with Crippen molar-refractivity contribution >= 4 is 11.9 Å². The Morgan fingerprint density at radius 2 is 1.78 bits per heavy atom. The highest BCUT2D eigenvalue weighted by atomic mass is 16.6. The third kappa shape index (κ3) is 3.23. The molecule has 140 valence electrons. The van der Waals surface area contributed by atoms with E-state index in [1.807, 2.05) is 30.3 Å². The lowest BCUT2D eigenvalue weighted by molar-refractivity contribution is -0.131. The van der Waals surface area contributed by atoms with Gasteiger partial charge in [0.25, 0.3) is 5.91 Å². The van der Waals surface area contributed by atoms with Gasteiger partial charge < -0.3 is 14.8 Å². The topological polar surface area (TPSA) is 67.9 Å². The van der Waals surface area contributed by atoms with Crippen molar-refractivity contribution < 1.29 is 19.1 Å². The second-order valence-electron chi connectivity index (χ2n) is 6.96. The van der Waals surface area contributed by atoms with Crippen LogP contribution in [0.2, 0.25) is 0 Å². The van der Waals surface area contributed by atoms with E-state index in [1.165, 1.54) is 10.5 Å². The molecule has 4 rings (SSSR count). The molecule has 27 heavy (non-hydrogen) atoms.